The van der Waals surface area contributed by atoms with Gasteiger partial charge in [0.25, 0.3) is 5.91 Å². The Morgan fingerprint density at radius 2 is 2.05 bits per heavy atom. The van der Waals surface area contributed by atoms with E-state index in [1.54, 1.807) is 6.92 Å². The number of nitrogens with two attached hydrogens (primary N) is 1. The van der Waals surface area contributed by atoms with E-state index in [2.05, 4.69) is 19.2 Å². The Labute approximate surface area is 135 Å². The molecule has 3 N–H and O–H groups in total. The van der Waals surface area contributed by atoms with Gasteiger partial charge in [0.05, 0.1) is 23.0 Å². The van der Waals surface area contributed by atoms with Gasteiger partial charge in [0.2, 0.25) is 0 Å². The van der Waals surface area contributed by atoms with Crippen LogP contribution in [0.15, 0.2) is 12.1 Å². The molecule has 0 aliphatic rings. The van der Waals surface area contributed by atoms with Crippen LogP contribution < -0.4 is 11.1 Å². The summed E-state index contributed by atoms with van der Waals surface area (Å²) in [5.41, 5.74) is 6.50. The minimum Gasteiger partial charge on any atom is -0.397 e. The summed E-state index contributed by atoms with van der Waals surface area (Å²) in [7, 11) is 0. The van der Waals surface area contributed by atoms with Gasteiger partial charge in [-0.3, -0.25) is 4.79 Å². The maximum Gasteiger partial charge on any atom is 0.253 e. The van der Waals surface area contributed by atoms with Crippen molar-refractivity contribution in [2.45, 2.75) is 39.7 Å². The molecule has 0 aromatic heterocycles. The van der Waals surface area contributed by atoms with Crippen molar-refractivity contribution in [3.8, 4) is 0 Å². The topological polar surface area (TPSA) is 64.3 Å². The van der Waals surface area contributed by atoms with E-state index in [0.717, 1.165) is 12.8 Å². The van der Waals surface area contributed by atoms with E-state index < -0.39 is 6.10 Å². The molecule has 0 aliphatic heterocycles. The first-order chi connectivity index (χ1) is 9.85. The van der Waals surface area contributed by atoms with E-state index in [1.807, 2.05) is 0 Å². The third kappa shape index (κ3) is 5.73. The number of hydrogen-bond acceptors (Lipinski definition) is 3. The van der Waals surface area contributed by atoms with Crippen LogP contribution in [-0.4, -0.2) is 18.6 Å². The van der Waals surface area contributed by atoms with Crippen LogP contribution in [0.1, 0.15) is 33.6 Å². The predicted octanol–water partition coefficient (Wildman–Crippen LogP) is 4.36. The fourth-order valence-corrected chi connectivity index (χ4v) is 2.47. The van der Waals surface area contributed by atoms with Crippen LogP contribution in [-0.2, 0) is 9.53 Å². The smallest absolute Gasteiger partial charge is 0.253 e. The van der Waals surface area contributed by atoms with Gasteiger partial charge in [0.15, 0.2) is 0 Å². The van der Waals surface area contributed by atoms with Crippen LogP contribution in [0, 0.1) is 5.92 Å². The first-order valence-corrected chi connectivity index (χ1v) is 7.77. The van der Waals surface area contributed by atoms with Gasteiger partial charge in [-0.1, -0.05) is 43.5 Å². The average Bonchev–Trinajstić information content (AvgIpc) is 2.40. The molecule has 1 aromatic rings. The molecule has 0 spiro atoms. The number of ether oxygens (including phenoxy) is 1. The molecule has 0 radical (unpaired) electrons. The molecule has 1 amide bonds. The number of rotatable bonds is 7. The summed E-state index contributed by atoms with van der Waals surface area (Å²) in [4.78, 5) is 12.1. The quantitative estimate of drug-likeness (QED) is 0.729. The Balaban J connectivity index is 2.60. The largest absolute Gasteiger partial charge is 0.397 e. The molecule has 4 nitrogen and oxygen atoms in total. The van der Waals surface area contributed by atoms with E-state index in [1.165, 1.54) is 12.1 Å². The van der Waals surface area contributed by atoms with Crippen LogP contribution in [0.3, 0.4) is 0 Å². The second-order valence-electron chi connectivity index (χ2n) is 5.21. The Bertz CT molecular complexity index is 472. The van der Waals surface area contributed by atoms with E-state index in [-0.39, 0.29) is 5.91 Å². The zero-order valence-corrected chi connectivity index (χ0v) is 14.1. The first-order valence-electron chi connectivity index (χ1n) is 7.02. The minimum atomic E-state index is -0.574. The van der Waals surface area contributed by atoms with Gasteiger partial charge >= 0.3 is 0 Å². The normalized spacial score (nSPS) is 13.8. The van der Waals surface area contributed by atoms with Crippen molar-refractivity contribution in [1.29, 1.82) is 0 Å². The maximum atomic E-state index is 12.1. The zero-order valence-electron chi connectivity index (χ0n) is 12.6. The monoisotopic (exact) mass is 332 g/mol. The summed E-state index contributed by atoms with van der Waals surface area (Å²) in [6.45, 7) is 6.47. The van der Waals surface area contributed by atoms with Gasteiger partial charge in [-0.15, -0.1) is 0 Å². The van der Waals surface area contributed by atoms with E-state index in [0.29, 0.717) is 33.9 Å². The summed E-state index contributed by atoms with van der Waals surface area (Å²) in [6.07, 6.45) is 1.60. The molecule has 0 saturated heterocycles. The second kappa shape index (κ2) is 8.47. The first kappa shape index (κ1) is 18.1. The number of nitrogens with one attached hydrogen (secondary N) is 1. The third-order valence-electron chi connectivity index (χ3n) is 3.12. The Morgan fingerprint density at radius 3 is 2.62 bits per heavy atom. The number of benzene rings is 1. The van der Waals surface area contributed by atoms with Crippen LogP contribution in [0.5, 0.6) is 0 Å². The molecule has 0 bridgehead atoms. The number of halogens is 2. The van der Waals surface area contributed by atoms with Crippen LogP contribution in [0.2, 0.25) is 10.0 Å². The number of amides is 1. The lowest BCUT2D eigenvalue weighted by atomic mass is 10.1. The maximum absolute atomic E-state index is 12.1. The van der Waals surface area contributed by atoms with Gasteiger partial charge in [-0.2, -0.15) is 0 Å². The zero-order chi connectivity index (χ0) is 16.0. The summed E-state index contributed by atoms with van der Waals surface area (Å²) < 4.78 is 5.57. The van der Waals surface area contributed by atoms with Gasteiger partial charge < -0.3 is 15.8 Å². The molecule has 21 heavy (non-hydrogen) atoms. The van der Waals surface area contributed by atoms with Crippen LogP contribution in [0.25, 0.3) is 0 Å². The lowest BCUT2D eigenvalue weighted by molar-refractivity contribution is -0.127. The van der Waals surface area contributed by atoms with Gasteiger partial charge in [0.1, 0.15) is 6.10 Å². The van der Waals surface area contributed by atoms with Crippen molar-refractivity contribution in [2.75, 3.05) is 17.7 Å². The minimum absolute atomic E-state index is 0.283. The predicted molar refractivity (Wildman–Crippen MR) is 89.0 cm³/mol. The van der Waals surface area contributed by atoms with Gasteiger partial charge in [-0.05, 0) is 31.4 Å². The van der Waals surface area contributed by atoms with Crippen molar-refractivity contribution >= 4 is 40.5 Å². The molecule has 1 rings (SSSR count). The summed E-state index contributed by atoms with van der Waals surface area (Å²) in [5, 5.41) is 3.41. The Kier molecular flexibility index (Phi) is 7.29. The number of carbonyl (C=O) groups excluding carboxylic acids is 1. The van der Waals surface area contributed by atoms with E-state index in [9.17, 15) is 4.79 Å². The van der Waals surface area contributed by atoms with E-state index >= 15 is 0 Å². The van der Waals surface area contributed by atoms with E-state index in [4.69, 9.17) is 33.7 Å². The fourth-order valence-electron chi connectivity index (χ4n) is 1.91. The van der Waals surface area contributed by atoms with Crippen molar-refractivity contribution in [2.24, 2.45) is 5.92 Å². The molecule has 2 atom stereocenters. The Morgan fingerprint density at radius 1 is 1.38 bits per heavy atom. The van der Waals surface area contributed by atoms with Crippen molar-refractivity contribution < 1.29 is 9.53 Å². The summed E-state index contributed by atoms with van der Waals surface area (Å²) >= 11 is 11.9. The van der Waals surface area contributed by atoms with Crippen LogP contribution >= 0.6 is 23.2 Å². The number of anilines is 2. The van der Waals surface area contributed by atoms with Crippen molar-refractivity contribution in [3.05, 3.63) is 22.2 Å². The fraction of sp³-hybridized carbons (Fsp3) is 0.533. The molecular weight excluding hydrogens is 311 g/mol. The molecule has 6 heteroatoms. The molecular formula is C15H22Cl2N2O2. The molecule has 2 unspecified atom stereocenters. The van der Waals surface area contributed by atoms with Crippen LogP contribution in [0.4, 0.5) is 11.4 Å². The highest BCUT2D eigenvalue weighted by atomic mass is 35.5. The number of carbonyl (C=O) groups is 1. The molecule has 0 fully saturated rings. The van der Waals surface area contributed by atoms with Crippen molar-refractivity contribution in [3.63, 3.8) is 0 Å². The summed E-state index contributed by atoms with van der Waals surface area (Å²) in [6, 6.07) is 3.07. The second-order valence-corrected chi connectivity index (χ2v) is 6.05. The average molecular weight is 333 g/mol. The Hall–Kier alpha value is -0.970. The van der Waals surface area contributed by atoms with Gasteiger partial charge in [0, 0.05) is 5.02 Å². The molecule has 1 aromatic carbocycles. The van der Waals surface area contributed by atoms with Gasteiger partial charge in [-0.25, -0.2) is 0 Å². The lowest BCUT2D eigenvalue weighted by Gasteiger charge is -2.17. The number of hydrogen-bond donors (Lipinski definition) is 2. The molecule has 0 aliphatic carbocycles. The lowest BCUT2D eigenvalue weighted by Crippen LogP contribution is -2.29. The highest BCUT2D eigenvalue weighted by Crippen LogP contribution is 2.32. The molecule has 0 heterocycles. The summed E-state index contributed by atoms with van der Waals surface area (Å²) in [5.74, 6) is 0.143. The molecule has 118 valence electrons. The molecule has 0 saturated carbocycles. The SMILES string of the molecule is CCCC(C)COC(C)C(=O)Nc1c(N)cc(Cl)cc1Cl. The standard InChI is InChI=1S/C15H22Cl2N2O2/c1-4-5-9(2)8-21-10(3)15(20)19-14-12(17)6-11(16)7-13(14)18/h6-7,9-10H,4-5,8,18H2,1-3H3,(H,19,20). The highest BCUT2D eigenvalue weighted by molar-refractivity contribution is 6.37. The third-order valence-corrected chi connectivity index (χ3v) is 3.63. The van der Waals surface area contributed by atoms with Crippen molar-refractivity contribution in [1.82, 2.24) is 0 Å². The highest BCUT2D eigenvalue weighted by Gasteiger charge is 2.17. The number of nitrogen functional groups attached to an aromatic ring is 1.